The Balaban J connectivity index is 3.02. The van der Waals surface area contributed by atoms with Gasteiger partial charge < -0.3 is 37.0 Å². The Morgan fingerprint density at radius 3 is 1.82 bits per heavy atom. The first-order valence-corrected chi connectivity index (χ1v) is 11.1. The van der Waals surface area contributed by atoms with Gasteiger partial charge in [0.05, 0.1) is 12.6 Å². The van der Waals surface area contributed by atoms with E-state index in [9.17, 15) is 34.5 Å². The molecule has 34 heavy (non-hydrogen) atoms. The first-order valence-electron chi connectivity index (χ1n) is 11.1. The number of carboxylic acid groups (broad SMARTS) is 1. The van der Waals surface area contributed by atoms with Crippen molar-refractivity contribution in [3.8, 4) is 5.75 Å². The predicted octanol–water partition coefficient (Wildman–Crippen LogP) is -0.505. The Morgan fingerprint density at radius 1 is 0.853 bits per heavy atom. The summed E-state index contributed by atoms with van der Waals surface area (Å²) in [5.74, 6) is -3.60. The van der Waals surface area contributed by atoms with Crippen molar-refractivity contribution in [3.05, 3.63) is 29.8 Å². The van der Waals surface area contributed by atoms with Gasteiger partial charge in [0.25, 0.3) is 0 Å². The van der Waals surface area contributed by atoms with Crippen LogP contribution in [-0.4, -0.2) is 69.8 Å². The van der Waals surface area contributed by atoms with Crippen molar-refractivity contribution in [3.63, 3.8) is 0 Å². The lowest BCUT2D eigenvalue weighted by molar-refractivity contribution is -0.143. The molecule has 0 saturated heterocycles. The summed E-state index contributed by atoms with van der Waals surface area (Å²) in [7, 11) is 0. The number of rotatable bonds is 13. The number of carboxylic acids is 1. The van der Waals surface area contributed by atoms with Gasteiger partial charge in [-0.3, -0.25) is 14.4 Å². The monoisotopic (exact) mass is 480 g/mol. The first kappa shape index (κ1) is 28.9. The fraction of sp³-hybridized carbons (Fsp3) is 0.565. The van der Waals surface area contributed by atoms with Gasteiger partial charge >= 0.3 is 5.97 Å². The second-order valence-corrected chi connectivity index (χ2v) is 8.97. The molecular weight excluding hydrogens is 444 g/mol. The fourth-order valence-corrected chi connectivity index (χ4v) is 3.08. The minimum atomic E-state index is -1.43. The van der Waals surface area contributed by atoms with E-state index in [1.54, 1.807) is 39.8 Å². The molecule has 1 aromatic carbocycles. The molecule has 0 aromatic heterocycles. The third kappa shape index (κ3) is 9.36. The van der Waals surface area contributed by atoms with Gasteiger partial charge in [-0.15, -0.1) is 0 Å². The van der Waals surface area contributed by atoms with E-state index in [0.29, 0.717) is 5.56 Å². The number of aliphatic carboxylic acids is 1. The minimum Gasteiger partial charge on any atom is -0.508 e. The number of benzene rings is 1. The third-order valence-corrected chi connectivity index (χ3v) is 5.17. The Morgan fingerprint density at radius 2 is 1.35 bits per heavy atom. The number of aliphatic hydroxyl groups excluding tert-OH is 1. The van der Waals surface area contributed by atoms with E-state index < -0.39 is 54.5 Å². The SMILES string of the molecule is CC(C)CC(NC(=O)C(CO)NC(=O)C(Cc1ccc(O)cc1)NC(=O)C(N)C(C)C)C(=O)O. The molecule has 0 heterocycles. The standard InChI is InChI=1S/C23H36N4O7/c1-12(2)9-17(23(33)34)26-21(31)18(11-28)27-20(30)16(25-22(32)19(24)13(3)4)10-14-5-7-15(29)8-6-14/h5-8,12-13,16-19,28-29H,9-11,24H2,1-4H3,(H,25,32)(H,26,31)(H,27,30)(H,33,34). The highest BCUT2D eigenvalue weighted by molar-refractivity contribution is 5.94. The second kappa shape index (κ2) is 13.5. The van der Waals surface area contributed by atoms with Gasteiger partial charge in [0, 0.05) is 6.42 Å². The molecule has 8 N–H and O–H groups in total. The molecule has 0 saturated carbocycles. The fourth-order valence-electron chi connectivity index (χ4n) is 3.08. The molecule has 3 amide bonds. The zero-order chi connectivity index (χ0) is 26.0. The molecule has 190 valence electrons. The lowest BCUT2D eigenvalue weighted by atomic mass is 10.0. The smallest absolute Gasteiger partial charge is 0.326 e. The second-order valence-electron chi connectivity index (χ2n) is 8.97. The largest absolute Gasteiger partial charge is 0.508 e. The summed E-state index contributed by atoms with van der Waals surface area (Å²) in [6.45, 7) is 6.32. The van der Waals surface area contributed by atoms with Gasteiger partial charge in [-0.2, -0.15) is 0 Å². The summed E-state index contributed by atoms with van der Waals surface area (Å²) in [6, 6.07) is 1.37. The quantitative estimate of drug-likeness (QED) is 0.196. The van der Waals surface area contributed by atoms with E-state index in [-0.39, 0.29) is 30.4 Å². The van der Waals surface area contributed by atoms with E-state index in [1.807, 2.05) is 0 Å². The van der Waals surface area contributed by atoms with Crippen LogP contribution >= 0.6 is 0 Å². The molecular formula is C23H36N4O7. The summed E-state index contributed by atoms with van der Waals surface area (Å²) in [5.41, 5.74) is 6.50. The Kier molecular flexibility index (Phi) is 11.5. The van der Waals surface area contributed by atoms with Crippen LogP contribution in [0.15, 0.2) is 24.3 Å². The van der Waals surface area contributed by atoms with Crippen LogP contribution in [0.5, 0.6) is 5.75 Å². The molecule has 0 spiro atoms. The van der Waals surface area contributed by atoms with Gasteiger partial charge in [-0.05, 0) is 36.0 Å². The van der Waals surface area contributed by atoms with Gasteiger partial charge in [0.2, 0.25) is 17.7 Å². The maximum absolute atomic E-state index is 13.0. The topological polar surface area (TPSA) is 191 Å². The van der Waals surface area contributed by atoms with Crippen molar-refractivity contribution >= 4 is 23.7 Å². The summed E-state index contributed by atoms with van der Waals surface area (Å²) < 4.78 is 0. The van der Waals surface area contributed by atoms with Crippen LogP contribution in [0.25, 0.3) is 0 Å². The van der Waals surface area contributed by atoms with E-state index in [4.69, 9.17) is 5.73 Å². The molecule has 11 nitrogen and oxygen atoms in total. The van der Waals surface area contributed by atoms with E-state index in [1.165, 1.54) is 12.1 Å². The van der Waals surface area contributed by atoms with Gasteiger partial charge in [-0.25, -0.2) is 4.79 Å². The maximum Gasteiger partial charge on any atom is 0.326 e. The Labute approximate surface area is 199 Å². The Hall–Kier alpha value is -3.18. The molecule has 0 aliphatic carbocycles. The van der Waals surface area contributed by atoms with Crippen molar-refractivity contribution in [1.82, 2.24) is 16.0 Å². The van der Waals surface area contributed by atoms with Gasteiger partial charge in [0.1, 0.15) is 23.9 Å². The average molecular weight is 481 g/mol. The molecule has 0 aliphatic heterocycles. The van der Waals surface area contributed by atoms with Crippen molar-refractivity contribution in [2.75, 3.05) is 6.61 Å². The van der Waals surface area contributed by atoms with Crippen molar-refractivity contribution in [1.29, 1.82) is 0 Å². The van der Waals surface area contributed by atoms with Crippen LogP contribution in [0.2, 0.25) is 0 Å². The number of phenolic OH excluding ortho intramolecular Hbond substituents is 1. The number of nitrogens with one attached hydrogen (secondary N) is 3. The van der Waals surface area contributed by atoms with Crippen LogP contribution in [0.3, 0.4) is 0 Å². The van der Waals surface area contributed by atoms with Crippen LogP contribution in [0, 0.1) is 11.8 Å². The number of amides is 3. The molecule has 11 heteroatoms. The number of hydrogen-bond acceptors (Lipinski definition) is 7. The highest BCUT2D eigenvalue weighted by atomic mass is 16.4. The van der Waals surface area contributed by atoms with Crippen LogP contribution in [0.4, 0.5) is 0 Å². The van der Waals surface area contributed by atoms with Crippen LogP contribution < -0.4 is 21.7 Å². The summed E-state index contributed by atoms with van der Waals surface area (Å²) >= 11 is 0. The highest BCUT2D eigenvalue weighted by Crippen LogP contribution is 2.12. The number of aromatic hydroxyl groups is 1. The molecule has 1 rings (SSSR count). The third-order valence-electron chi connectivity index (χ3n) is 5.17. The highest BCUT2D eigenvalue weighted by Gasteiger charge is 2.30. The maximum atomic E-state index is 13.0. The van der Waals surface area contributed by atoms with Gasteiger partial charge in [-0.1, -0.05) is 39.8 Å². The summed E-state index contributed by atoms with van der Waals surface area (Å²) in [4.78, 5) is 49.5. The van der Waals surface area contributed by atoms with E-state index in [2.05, 4.69) is 16.0 Å². The molecule has 0 aliphatic rings. The normalized spacial score (nSPS) is 14.7. The van der Waals surface area contributed by atoms with E-state index in [0.717, 1.165) is 0 Å². The first-order chi connectivity index (χ1) is 15.8. The molecule has 1 aromatic rings. The van der Waals surface area contributed by atoms with Crippen molar-refractivity contribution in [2.45, 2.75) is 64.7 Å². The predicted molar refractivity (Wildman–Crippen MR) is 125 cm³/mol. The molecule has 0 radical (unpaired) electrons. The zero-order valence-electron chi connectivity index (χ0n) is 19.9. The molecule has 0 fully saturated rings. The number of hydrogen-bond donors (Lipinski definition) is 7. The van der Waals surface area contributed by atoms with E-state index >= 15 is 0 Å². The number of nitrogens with two attached hydrogens (primary N) is 1. The zero-order valence-corrected chi connectivity index (χ0v) is 19.9. The molecule has 0 bridgehead atoms. The number of aliphatic hydroxyl groups is 1. The van der Waals surface area contributed by atoms with Crippen molar-refractivity contribution < 1.29 is 34.5 Å². The summed E-state index contributed by atoms with van der Waals surface area (Å²) in [6.07, 6.45) is 0.188. The molecule has 4 unspecified atom stereocenters. The molecule has 4 atom stereocenters. The minimum absolute atomic E-state index is 0.0152. The lowest BCUT2D eigenvalue weighted by Crippen LogP contribution is -2.59. The number of carbonyl (C=O) groups is 4. The number of phenols is 1. The van der Waals surface area contributed by atoms with Crippen LogP contribution in [-0.2, 0) is 25.6 Å². The van der Waals surface area contributed by atoms with Gasteiger partial charge in [0.15, 0.2) is 0 Å². The van der Waals surface area contributed by atoms with Crippen molar-refractivity contribution in [2.24, 2.45) is 17.6 Å². The average Bonchev–Trinajstić information content (AvgIpc) is 2.76. The number of carbonyl (C=O) groups excluding carboxylic acids is 3. The lowest BCUT2D eigenvalue weighted by Gasteiger charge is -2.25. The summed E-state index contributed by atoms with van der Waals surface area (Å²) in [5, 5.41) is 35.7. The van der Waals surface area contributed by atoms with Crippen LogP contribution in [0.1, 0.15) is 39.7 Å². The Bertz CT molecular complexity index is 842.